The minimum atomic E-state index is -3.88. The average Bonchev–Trinajstić information content (AvgIpc) is 2.24. The van der Waals surface area contributed by atoms with Crippen LogP contribution in [0.3, 0.4) is 0 Å². The second-order valence-corrected chi connectivity index (χ2v) is 4.96. The van der Waals surface area contributed by atoms with Gasteiger partial charge in [0.1, 0.15) is 0 Å². The zero-order chi connectivity index (χ0) is 14.5. The normalized spacial score (nSPS) is 10.8. The molecule has 104 valence electrons. The highest BCUT2D eigenvalue weighted by Crippen LogP contribution is 2.15. The second kappa shape index (κ2) is 6.16. The Bertz CT molecular complexity index is 585. The minimum absolute atomic E-state index is 0.165. The summed E-state index contributed by atoms with van der Waals surface area (Å²) in [5, 5.41) is 15.7. The molecule has 0 heterocycles. The van der Waals surface area contributed by atoms with E-state index in [4.69, 9.17) is 10.2 Å². The Hall–Kier alpha value is -2.13. The Kier molecular flexibility index (Phi) is 4.84. The summed E-state index contributed by atoms with van der Waals surface area (Å²) in [6, 6.07) is 5.87. The Morgan fingerprint density at radius 1 is 1.21 bits per heavy atom. The van der Waals surface area contributed by atoms with E-state index in [0.29, 0.717) is 5.69 Å². The van der Waals surface area contributed by atoms with Crippen molar-refractivity contribution in [3.05, 3.63) is 24.3 Å². The van der Waals surface area contributed by atoms with Crippen LogP contribution in [0, 0.1) is 0 Å². The van der Waals surface area contributed by atoms with Crippen molar-refractivity contribution in [3.63, 3.8) is 0 Å². The molecule has 8 nitrogen and oxygen atoms in total. The molecule has 5 N–H and O–H groups in total. The quantitative estimate of drug-likeness (QED) is 0.588. The zero-order valence-corrected chi connectivity index (χ0v) is 10.6. The number of anilines is 2. The molecular formula is C10H13N3O5S. The first-order valence-electron chi connectivity index (χ1n) is 5.18. The number of hydrogen-bond donors (Lipinski definition) is 4. The number of carbonyl (C=O) groups is 2. The number of nitrogens with one attached hydrogen (secondary N) is 2. The van der Waals surface area contributed by atoms with E-state index in [1.807, 2.05) is 4.72 Å². The van der Waals surface area contributed by atoms with Gasteiger partial charge in [-0.1, -0.05) is 6.07 Å². The summed E-state index contributed by atoms with van der Waals surface area (Å²) in [7, 11) is -3.88. The maximum absolute atomic E-state index is 11.4. The molecule has 0 saturated carbocycles. The molecule has 0 aliphatic heterocycles. The van der Waals surface area contributed by atoms with E-state index < -0.39 is 22.1 Å². The van der Waals surface area contributed by atoms with Gasteiger partial charge in [0.2, 0.25) is 5.91 Å². The van der Waals surface area contributed by atoms with Gasteiger partial charge in [0.15, 0.2) is 0 Å². The van der Waals surface area contributed by atoms with Crippen LogP contribution < -0.4 is 15.2 Å². The number of carbonyl (C=O) groups excluding carboxylic acids is 1. The molecule has 0 aliphatic carbocycles. The van der Waals surface area contributed by atoms with Gasteiger partial charge in [-0.15, -0.1) is 0 Å². The minimum Gasteiger partial charge on any atom is -0.481 e. The lowest BCUT2D eigenvalue weighted by atomic mass is 10.2. The van der Waals surface area contributed by atoms with Crippen molar-refractivity contribution in [1.82, 2.24) is 0 Å². The van der Waals surface area contributed by atoms with Crippen LogP contribution in [0.4, 0.5) is 11.4 Å². The molecule has 0 radical (unpaired) electrons. The van der Waals surface area contributed by atoms with E-state index in [9.17, 15) is 18.0 Å². The molecule has 0 atom stereocenters. The first kappa shape index (κ1) is 14.9. The van der Waals surface area contributed by atoms with E-state index in [0.717, 1.165) is 0 Å². The number of aliphatic carboxylic acids is 1. The van der Waals surface area contributed by atoms with Gasteiger partial charge in [0.25, 0.3) is 10.2 Å². The number of carboxylic acid groups (broad SMARTS) is 1. The third-order valence-corrected chi connectivity index (χ3v) is 2.49. The highest BCUT2D eigenvalue weighted by Gasteiger charge is 2.07. The summed E-state index contributed by atoms with van der Waals surface area (Å²) in [6.07, 6.45) is -0.441. The van der Waals surface area contributed by atoms with E-state index in [1.165, 1.54) is 24.3 Å². The summed E-state index contributed by atoms with van der Waals surface area (Å²) in [5.74, 6) is -1.55. The number of benzene rings is 1. The van der Waals surface area contributed by atoms with Gasteiger partial charge in [-0.3, -0.25) is 14.3 Å². The topological polar surface area (TPSA) is 139 Å². The molecule has 0 unspecified atom stereocenters. The highest BCUT2D eigenvalue weighted by atomic mass is 32.2. The van der Waals surface area contributed by atoms with Gasteiger partial charge in [-0.25, -0.2) is 5.14 Å². The van der Waals surface area contributed by atoms with Crippen LogP contribution in [0.5, 0.6) is 0 Å². The fraction of sp³-hybridized carbons (Fsp3) is 0.200. The Morgan fingerprint density at radius 2 is 1.84 bits per heavy atom. The molecule has 0 aromatic heterocycles. The van der Waals surface area contributed by atoms with Crippen molar-refractivity contribution < 1.29 is 23.1 Å². The molecule has 1 aromatic carbocycles. The van der Waals surface area contributed by atoms with E-state index in [1.54, 1.807) is 0 Å². The van der Waals surface area contributed by atoms with Crippen molar-refractivity contribution in [2.24, 2.45) is 5.14 Å². The SMILES string of the molecule is NS(=O)(=O)Nc1cccc(NC(=O)CCC(=O)O)c1. The van der Waals surface area contributed by atoms with Crippen molar-refractivity contribution in [2.45, 2.75) is 12.8 Å². The monoisotopic (exact) mass is 287 g/mol. The van der Waals surface area contributed by atoms with Crippen LogP contribution in [-0.2, 0) is 19.8 Å². The third kappa shape index (κ3) is 6.38. The number of amides is 1. The smallest absolute Gasteiger partial charge is 0.303 e. The summed E-state index contributed by atoms with van der Waals surface area (Å²) >= 11 is 0. The first-order chi connectivity index (χ1) is 8.76. The van der Waals surface area contributed by atoms with Crippen molar-refractivity contribution >= 4 is 33.5 Å². The fourth-order valence-electron chi connectivity index (χ4n) is 1.27. The van der Waals surface area contributed by atoms with Gasteiger partial charge >= 0.3 is 5.97 Å². The fourth-order valence-corrected chi connectivity index (χ4v) is 1.72. The average molecular weight is 287 g/mol. The van der Waals surface area contributed by atoms with Crippen LogP contribution in [0.2, 0.25) is 0 Å². The zero-order valence-electron chi connectivity index (χ0n) is 9.79. The molecule has 0 bridgehead atoms. The van der Waals surface area contributed by atoms with Gasteiger partial charge in [0.05, 0.1) is 12.1 Å². The molecule has 0 saturated heterocycles. The molecule has 9 heteroatoms. The van der Waals surface area contributed by atoms with Crippen LogP contribution in [-0.4, -0.2) is 25.4 Å². The Labute approximate surface area is 109 Å². The van der Waals surface area contributed by atoms with Gasteiger partial charge in [0, 0.05) is 12.1 Å². The number of hydrogen-bond acceptors (Lipinski definition) is 4. The van der Waals surface area contributed by atoms with E-state index in [-0.39, 0.29) is 18.5 Å². The third-order valence-electron chi connectivity index (χ3n) is 1.97. The summed E-state index contributed by atoms with van der Waals surface area (Å²) in [4.78, 5) is 21.7. The standard InChI is InChI=1S/C10H13N3O5S/c11-19(17,18)13-8-3-1-2-7(6-8)12-9(14)4-5-10(15)16/h1-3,6,13H,4-5H2,(H,12,14)(H,15,16)(H2,11,17,18). The van der Waals surface area contributed by atoms with Gasteiger partial charge in [-0.2, -0.15) is 8.42 Å². The Balaban J connectivity index is 2.67. The lowest BCUT2D eigenvalue weighted by Gasteiger charge is -2.07. The number of nitrogens with two attached hydrogens (primary N) is 1. The lowest BCUT2D eigenvalue weighted by molar-refractivity contribution is -0.138. The Morgan fingerprint density at radius 3 is 2.42 bits per heavy atom. The van der Waals surface area contributed by atoms with Crippen molar-refractivity contribution in [2.75, 3.05) is 10.0 Å². The second-order valence-electron chi connectivity index (χ2n) is 3.67. The summed E-state index contributed by atoms with van der Waals surface area (Å²) < 4.78 is 23.7. The molecule has 0 spiro atoms. The maximum atomic E-state index is 11.4. The first-order valence-corrected chi connectivity index (χ1v) is 6.73. The predicted molar refractivity (Wildman–Crippen MR) is 68.7 cm³/mol. The largest absolute Gasteiger partial charge is 0.481 e. The number of carboxylic acids is 1. The molecule has 1 amide bonds. The molecule has 19 heavy (non-hydrogen) atoms. The molecule has 1 aromatic rings. The predicted octanol–water partition coefficient (Wildman–Crippen LogP) is 0.105. The number of rotatable bonds is 6. The van der Waals surface area contributed by atoms with Crippen LogP contribution in [0.1, 0.15) is 12.8 Å². The van der Waals surface area contributed by atoms with Crippen LogP contribution >= 0.6 is 0 Å². The molecular weight excluding hydrogens is 274 g/mol. The van der Waals surface area contributed by atoms with Crippen LogP contribution in [0.25, 0.3) is 0 Å². The lowest BCUT2D eigenvalue weighted by Crippen LogP contribution is -2.21. The van der Waals surface area contributed by atoms with E-state index in [2.05, 4.69) is 5.32 Å². The van der Waals surface area contributed by atoms with Crippen molar-refractivity contribution in [3.8, 4) is 0 Å². The van der Waals surface area contributed by atoms with Gasteiger partial charge < -0.3 is 10.4 Å². The summed E-state index contributed by atoms with van der Waals surface area (Å²) in [5.41, 5.74) is 0.530. The maximum Gasteiger partial charge on any atom is 0.303 e. The van der Waals surface area contributed by atoms with Crippen molar-refractivity contribution in [1.29, 1.82) is 0 Å². The molecule has 0 aliphatic rings. The highest BCUT2D eigenvalue weighted by molar-refractivity contribution is 7.90. The van der Waals surface area contributed by atoms with Gasteiger partial charge in [-0.05, 0) is 18.2 Å². The summed E-state index contributed by atoms with van der Waals surface area (Å²) in [6.45, 7) is 0. The molecule has 1 rings (SSSR count). The van der Waals surface area contributed by atoms with Crippen LogP contribution in [0.15, 0.2) is 24.3 Å². The van der Waals surface area contributed by atoms with E-state index >= 15 is 0 Å². The molecule has 0 fully saturated rings.